The van der Waals surface area contributed by atoms with Crippen molar-refractivity contribution in [3.05, 3.63) is 47.3 Å². The Morgan fingerprint density at radius 3 is 2.38 bits per heavy atom. The quantitative estimate of drug-likeness (QED) is 0.797. The Hall–Kier alpha value is -2.97. The predicted molar refractivity (Wildman–Crippen MR) is 85.1 cm³/mol. The lowest BCUT2D eigenvalue weighted by molar-refractivity contribution is 0.320. The van der Waals surface area contributed by atoms with Crippen LogP contribution in [-0.2, 0) is 0 Å². The molecule has 118 valence electrons. The maximum Gasteiger partial charge on any atom is 0.189 e. The van der Waals surface area contributed by atoms with E-state index in [1.54, 1.807) is 12.1 Å². The van der Waals surface area contributed by atoms with Gasteiger partial charge in [-0.1, -0.05) is 18.2 Å². The molecule has 0 spiro atoms. The van der Waals surface area contributed by atoms with E-state index in [-0.39, 0.29) is 11.6 Å². The second-order valence-electron chi connectivity index (χ2n) is 6.28. The van der Waals surface area contributed by atoms with Crippen LogP contribution in [0.4, 0.5) is 4.39 Å². The Morgan fingerprint density at radius 1 is 1.12 bits per heavy atom. The van der Waals surface area contributed by atoms with Crippen LogP contribution in [-0.4, -0.2) is 5.71 Å². The maximum absolute atomic E-state index is 13.3. The number of nitriles is 3. The first kappa shape index (κ1) is 15.9. The molecule has 0 bridgehead atoms. The van der Waals surface area contributed by atoms with Gasteiger partial charge in [0.05, 0.1) is 23.9 Å². The molecular weight excluding hydrogens is 303 g/mol. The summed E-state index contributed by atoms with van der Waals surface area (Å²) in [6, 6.07) is 11.9. The van der Waals surface area contributed by atoms with Gasteiger partial charge >= 0.3 is 0 Å². The molecule has 5 heteroatoms. The largest absolute Gasteiger partial charge is 0.305 e. The molecular formula is C19H15FN4. The average molecular weight is 318 g/mol. The van der Waals surface area contributed by atoms with Crippen LogP contribution in [0.1, 0.15) is 30.7 Å². The number of fused-ring (bicyclic) bond motifs is 1. The minimum absolute atomic E-state index is 0.151. The molecule has 0 amide bonds. The smallest absolute Gasteiger partial charge is 0.189 e. The zero-order valence-corrected chi connectivity index (χ0v) is 13.0. The zero-order chi connectivity index (χ0) is 17.3. The topological polar surface area (TPSA) is 95.2 Å². The lowest BCUT2D eigenvalue weighted by Crippen LogP contribution is -2.48. The highest BCUT2D eigenvalue weighted by Gasteiger charge is 2.57. The molecule has 1 aromatic carbocycles. The highest BCUT2D eigenvalue weighted by atomic mass is 19.1. The van der Waals surface area contributed by atoms with Crippen molar-refractivity contribution in [1.82, 2.24) is 0 Å². The summed E-state index contributed by atoms with van der Waals surface area (Å²) in [5, 5.41) is 37.5. The molecule has 0 aliphatic heterocycles. The molecule has 0 heterocycles. The number of nitrogens with one attached hydrogen (secondary N) is 1. The number of halogens is 1. The van der Waals surface area contributed by atoms with Crippen LogP contribution < -0.4 is 0 Å². The van der Waals surface area contributed by atoms with Crippen molar-refractivity contribution < 1.29 is 4.39 Å². The van der Waals surface area contributed by atoms with E-state index in [1.807, 2.05) is 18.2 Å². The summed E-state index contributed by atoms with van der Waals surface area (Å²) in [7, 11) is 0. The van der Waals surface area contributed by atoms with Crippen molar-refractivity contribution in [3.8, 4) is 18.2 Å². The SMILES string of the molecule is N#C[C@@H]1C(=N)C(C#N)(C#N)[C@H](c2ccc(F)cc2)[C@H]2CCCC=C12. The van der Waals surface area contributed by atoms with Gasteiger partial charge in [-0.15, -0.1) is 0 Å². The van der Waals surface area contributed by atoms with Gasteiger partial charge in [0.2, 0.25) is 0 Å². The number of hydrogen-bond acceptors (Lipinski definition) is 4. The highest BCUT2D eigenvalue weighted by molar-refractivity contribution is 6.00. The summed E-state index contributed by atoms with van der Waals surface area (Å²) in [6.45, 7) is 0. The first-order chi connectivity index (χ1) is 11.6. The Bertz CT molecular complexity index is 818. The Balaban J connectivity index is 2.24. The molecule has 0 unspecified atom stereocenters. The van der Waals surface area contributed by atoms with Crippen molar-refractivity contribution >= 4 is 5.71 Å². The van der Waals surface area contributed by atoms with Crippen molar-refractivity contribution in [2.75, 3.05) is 0 Å². The second-order valence-corrected chi connectivity index (χ2v) is 6.28. The first-order valence-corrected chi connectivity index (χ1v) is 7.85. The van der Waals surface area contributed by atoms with Gasteiger partial charge in [0, 0.05) is 5.92 Å². The molecule has 0 radical (unpaired) electrons. The standard InChI is InChI=1S/C19H15FN4/c20-13-7-5-12(6-8-13)17-15-4-2-1-3-14(15)16(9-21)18(24)19(17,10-22)11-23/h3,5-8,15-17,24H,1-2,4H2/t15-,16-,17+/m0/s1. The van der Waals surface area contributed by atoms with Gasteiger partial charge in [-0.3, -0.25) is 0 Å². The van der Waals surface area contributed by atoms with Crippen molar-refractivity contribution in [2.24, 2.45) is 17.3 Å². The van der Waals surface area contributed by atoms with Gasteiger partial charge in [-0.25, -0.2) is 4.39 Å². The predicted octanol–water partition coefficient (Wildman–Crippen LogP) is 3.84. The van der Waals surface area contributed by atoms with Gasteiger partial charge in [-0.2, -0.15) is 15.8 Å². The lowest BCUT2D eigenvalue weighted by Gasteiger charge is -2.45. The van der Waals surface area contributed by atoms with Crippen LogP contribution in [0.3, 0.4) is 0 Å². The summed E-state index contributed by atoms with van der Waals surface area (Å²) < 4.78 is 13.3. The normalized spacial score (nSPS) is 27.8. The third-order valence-corrected chi connectivity index (χ3v) is 5.15. The maximum atomic E-state index is 13.3. The van der Waals surface area contributed by atoms with Crippen LogP contribution >= 0.6 is 0 Å². The lowest BCUT2D eigenvalue weighted by atomic mass is 9.53. The van der Waals surface area contributed by atoms with Gasteiger partial charge in [0.1, 0.15) is 11.7 Å². The number of nitrogens with zero attached hydrogens (tertiary/aromatic N) is 3. The van der Waals surface area contributed by atoms with E-state index in [1.165, 1.54) is 12.1 Å². The van der Waals surface area contributed by atoms with Crippen LogP contribution in [0.5, 0.6) is 0 Å². The van der Waals surface area contributed by atoms with Crippen molar-refractivity contribution in [3.63, 3.8) is 0 Å². The molecule has 1 aromatic rings. The number of allylic oxidation sites excluding steroid dienone is 2. The number of benzene rings is 1. The third-order valence-electron chi connectivity index (χ3n) is 5.15. The Kier molecular flexibility index (Phi) is 3.92. The average Bonchev–Trinajstić information content (AvgIpc) is 2.62. The summed E-state index contributed by atoms with van der Waals surface area (Å²) in [4.78, 5) is 0. The molecule has 1 saturated carbocycles. The summed E-state index contributed by atoms with van der Waals surface area (Å²) >= 11 is 0. The molecule has 0 saturated heterocycles. The minimum atomic E-state index is -1.70. The molecule has 24 heavy (non-hydrogen) atoms. The first-order valence-electron chi connectivity index (χ1n) is 7.85. The van der Waals surface area contributed by atoms with Gasteiger partial charge in [0.25, 0.3) is 0 Å². The molecule has 3 atom stereocenters. The fourth-order valence-electron chi connectivity index (χ4n) is 4.06. The van der Waals surface area contributed by atoms with Gasteiger partial charge in [-0.05, 0) is 48.4 Å². The Morgan fingerprint density at radius 2 is 1.79 bits per heavy atom. The molecule has 0 aromatic heterocycles. The Labute approximate surface area is 140 Å². The van der Waals surface area contributed by atoms with E-state index in [2.05, 4.69) is 6.07 Å². The molecule has 1 N–H and O–H groups in total. The third kappa shape index (κ3) is 2.12. The van der Waals surface area contributed by atoms with E-state index in [9.17, 15) is 20.2 Å². The summed E-state index contributed by atoms with van der Waals surface area (Å²) in [6.07, 6.45) is 4.47. The number of hydrogen-bond donors (Lipinski definition) is 1. The number of rotatable bonds is 1. The zero-order valence-electron chi connectivity index (χ0n) is 13.0. The fourth-order valence-corrected chi connectivity index (χ4v) is 4.06. The second kappa shape index (κ2) is 5.91. The minimum Gasteiger partial charge on any atom is -0.305 e. The highest BCUT2D eigenvalue weighted by Crippen LogP contribution is 2.55. The van der Waals surface area contributed by atoms with E-state index in [0.717, 1.165) is 24.8 Å². The molecule has 4 nitrogen and oxygen atoms in total. The van der Waals surface area contributed by atoms with E-state index in [4.69, 9.17) is 5.41 Å². The fraction of sp³-hybridized carbons (Fsp3) is 0.368. The summed E-state index contributed by atoms with van der Waals surface area (Å²) in [5.74, 6) is -1.93. The molecule has 2 aliphatic carbocycles. The van der Waals surface area contributed by atoms with Gasteiger partial charge in [0.15, 0.2) is 5.41 Å². The molecule has 3 rings (SSSR count). The monoisotopic (exact) mass is 318 g/mol. The molecule has 1 fully saturated rings. The van der Waals surface area contributed by atoms with Gasteiger partial charge < -0.3 is 5.41 Å². The van der Waals surface area contributed by atoms with Crippen LogP contribution in [0.2, 0.25) is 0 Å². The van der Waals surface area contributed by atoms with Crippen LogP contribution in [0.25, 0.3) is 0 Å². The van der Waals surface area contributed by atoms with Crippen LogP contribution in [0, 0.1) is 62.5 Å². The van der Waals surface area contributed by atoms with Crippen molar-refractivity contribution in [1.29, 1.82) is 21.2 Å². The molecule has 2 aliphatic rings. The van der Waals surface area contributed by atoms with Crippen LogP contribution in [0.15, 0.2) is 35.9 Å². The van der Waals surface area contributed by atoms with E-state index < -0.39 is 23.1 Å². The van der Waals surface area contributed by atoms with E-state index in [0.29, 0.717) is 5.56 Å². The van der Waals surface area contributed by atoms with E-state index >= 15 is 0 Å². The summed E-state index contributed by atoms with van der Waals surface area (Å²) in [5.41, 5.74) is -0.353. The van der Waals surface area contributed by atoms with Crippen molar-refractivity contribution in [2.45, 2.75) is 25.2 Å².